The van der Waals surface area contributed by atoms with Gasteiger partial charge in [-0.25, -0.2) is 15.1 Å². The van der Waals surface area contributed by atoms with E-state index in [2.05, 4.69) is 15.2 Å². The van der Waals surface area contributed by atoms with Crippen molar-refractivity contribution in [2.24, 2.45) is 0 Å². The number of hydrogen-bond donors (Lipinski definition) is 1. The minimum Gasteiger partial charge on any atom is -0.234 e. The molecule has 0 unspecified atom stereocenters. The summed E-state index contributed by atoms with van der Waals surface area (Å²) in [7, 11) is 0. The fourth-order valence-electron chi connectivity index (χ4n) is 2.04. The third-order valence-corrected chi connectivity index (χ3v) is 2.97. The van der Waals surface area contributed by atoms with Crippen LogP contribution in [0.5, 0.6) is 0 Å². The summed E-state index contributed by atoms with van der Waals surface area (Å²) in [6.07, 6.45) is 0. The molecule has 3 aromatic rings. The van der Waals surface area contributed by atoms with Gasteiger partial charge in [0.1, 0.15) is 11.4 Å². The molecule has 22 heavy (non-hydrogen) atoms. The number of hydrazine groups is 1. The van der Waals surface area contributed by atoms with Crippen LogP contribution in [0.1, 0.15) is 0 Å². The number of hydrogen-bond acceptors (Lipinski definition) is 5. The standard InChI is InChI=1S/C15H11N5O2/c21-20(22)19-15-16-13(11-7-3-1-4-8-11)14(17-18-15)12-9-5-2-6-10-12/h1-10H,(H,16,18,19). The first-order chi connectivity index (χ1) is 10.7. The lowest BCUT2D eigenvalue weighted by atomic mass is 10.0. The van der Waals surface area contributed by atoms with Gasteiger partial charge in [-0.05, 0) is 0 Å². The predicted octanol–water partition coefficient (Wildman–Crippen LogP) is 2.81. The molecule has 0 aliphatic rings. The number of nitrogens with zero attached hydrogens (tertiary/aromatic N) is 4. The highest BCUT2D eigenvalue weighted by atomic mass is 16.7. The van der Waals surface area contributed by atoms with Crippen LogP contribution in [-0.2, 0) is 0 Å². The smallest absolute Gasteiger partial charge is 0.234 e. The van der Waals surface area contributed by atoms with Gasteiger partial charge in [0.15, 0.2) is 5.03 Å². The average molecular weight is 293 g/mol. The largest absolute Gasteiger partial charge is 0.304 e. The SMILES string of the molecule is O=[N+]([O-])Nc1nnc(-c2ccccc2)c(-c2ccccc2)n1. The van der Waals surface area contributed by atoms with Crippen molar-refractivity contribution in [3.63, 3.8) is 0 Å². The molecular weight excluding hydrogens is 282 g/mol. The van der Waals surface area contributed by atoms with Gasteiger partial charge in [0.25, 0.3) is 0 Å². The maximum atomic E-state index is 10.6. The zero-order valence-electron chi connectivity index (χ0n) is 11.4. The lowest BCUT2D eigenvalue weighted by Gasteiger charge is -2.08. The number of rotatable bonds is 4. The maximum absolute atomic E-state index is 10.6. The van der Waals surface area contributed by atoms with E-state index in [0.717, 1.165) is 11.1 Å². The fraction of sp³-hybridized carbons (Fsp3) is 0. The Kier molecular flexibility index (Phi) is 3.69. The molecule has 108 valence electrons. The summed E-state index contributed by atoms with van der Waals surface area (Å²) in [6, 6.07) is 18.8. The minimum atomic E-state index is -0.714. The molecule has 0 amide bonds. The fourth-order valence-corrected chi connectivity index (χ4v) is 2.04. The Labute approximate surface area is 125 Å². The second-order valence-electron chi connectivity index (χ2n) is 4.43. The number of nitrogens with one attached hydrogen (secondary N) is 1. The topological polar surface area (TPSA) is 93.8 Å². The Morgan fingerprint density at radius 2 is 1.36 bits per heavy atom. The number of aromatic nitrogens is 3. The van der Waals surface area contributed by atoms with Crippen molar-refractivity contribution in [1.82, 2.24) is 15.2 Å². The van der Waals surface area contributed by atoms with Crippen LogP contribution in [0.4, 0.5) is 5.95 Å². The molecule has 0 fully saturated rings. The van der Waals surface area contributed by atoms with Crippen LogP contribution in [0.15, 0.2) is 60.7 Å². The van der Waals surface area contributed by atoms with E-state index >= 15 is 0 Å². The summed E-state index contributed by atoms with van der Waals surface area (Å²) in [5.74, 6) is -0.150. The Hall–Kier alpha value is -3.35. The molecule has 1 N–H and O–H groups in total. The highest BCUT2D eigenvalue weighted by molar-refractivity contribution is 5.77. The van der Waals surface area contributed by atoms with Crippen molar-refractivity contribution in [2.75, 3.05) is 5.43 Å². The van der Waals surface area contributed by atoms with Crippen molar-refractivity contribution >= 4 is 5.95 Å². The van der Waals surface area contributed by atoms with Gasteiger partial charge in [-0.2, -0.15) is 0 Å². The van der Waals surface area contributed by atoms with E-state index in [9.17, 15) is 10.1 Å². The van der Waals surface area contributed by atoms with Gasteiger partial charge in [-0.3, -0.25) is 0 Å². The Morgan fingerprint density at radius 1 is 0.818 bits per heavy atom. The Bertz CT molecular complexity index is 794. The van der Waals surface area contributed by atoms with Gasteiger partial charge >= 0.3 is 5.95 Å². The molecule has 0 spiro atoms. The Balaban J connectivity index is 2.15. The molecule has 1 aromatic heterocycles. The zero-order chi connectivity index (χ0) is 15.4. The monoisotopic (exact) mass is 293 g/mol. The van der Waals surface area contributed by atoms with E-state index in [4.69, 9.17) is 0 Å². The van der Waals surface area contributed by atoms with Crippen LogP contribution < -0.4 is 5.43 Å². The highest BCUT2D eigenvalue weighted by Crippen LogP contribution is 2.28. The summed E-state index contributed by atoms with van der Waals surface area (Å²) in [6.45, 7) is 0. The van der Waals surface area contributed by atoms with Gasteiger partial charge in [0, 0.05) is 11.1 Å². The third-order valence-electron chi connectivity index (χ3n) is 2.97. The summed E-state index contributed by atoms with van der Waals surface area (Å²) in [5.41, 5.74) is 4.68. The van der Waals surface area contributed by atoms with Crippen molar-refractivity contribution < 1.29 is 5.03 Å². The van der Waals surface area contributed by atoms with Gasteiger partial charge in [0.2, 0.25) is 0 Å². The van der Waals surface area contributed by atoms with Crippen molar-refractivity contribution in [3.05, 3.63) is 70.8 Å². The molecule has 1 heterocycles. The maximum Gasteiger partial charge on any atom is 0.304 e. The molecule has 0 saturated heterocycles. The van der Waals surface area contributed by atoms with E-state index < -0.39 is 5.03 Å². The molecule has 0 atom stereocenters. The second kappa shape index (κ2) is 5.96. The average Bonchev–Trinajstić information content (AvgIpc) is 2.56. The highest BCUT2D eigenvalue weighted by Gasteiger charge is 2.14. The summed E-state index contributed by atoms with van der Waals surface area (Å²) in [5, 5.41) is 17.7. The van der Waals surface area contributed by atoms with Crippen molar-refractivity contribution in [1.29, 1.82) is 0 Å². The first-order valence-electron chi connectivity index (χ1n) is 6.50. The van der Waals surface area contributed by atoms with E-state index in [1.807, 2.05) is 66.1 Å². The van der Waals surface area contributed by atoms with Crippen molar-refractivity contribution in [3.8, 4) is 22.5 Å². The molecule has 0 aliphatic carbocycles. The molecule has 0 bridgehead atoms. The van der Waals surface area contributed by atoms with Crippen LogP contribution >= 0.6 is 0 Å². The number of benzene rings is 2. The quantitative estimate of drug-likeness (QED) is 0.587. The second-order valence-corrected chi connectivity index (χ2v) is 4.43. The third kappa shape index (κ3) is 2.88. The van der Waals surface area contributed by atoms with Gasteiger partial charge < -0.3 is 0 Å². The lowest BCUT2D eigenvalue weighted by molar-refractivity contribution is -0.446. The number of nitro groups is 1. The van der Waals surface area contributed by atoms with Gasteiger partial charge in [-0.15, -0.1) is 10.2 Å². The molecule has 3 rings (SSSR count). The molecule has 0 saturated carbocycles. The van der Waals surface area contributed by atoms with Crippen LogP contribution in [0, 0.1) is 10.1 Å². The minimum absolute atomic E-state index is 0.150. The predicted molar refractivity (Wildman–Crippen MR) is 81.3 cm³/mol. The molecule has 7 nitrogen and oxygen atoms in total. The van der Waals surface area contributed by atoms with Crippen LogP contribution in [-0.4, -0.2) is 20.2 Å². The Morgan fingerprint density at radius 3 is 1.91 bits per heavy atom. The van der Waals surface area contributed by atoms with Crippen LogP contribution in [0.25, 0.3) is 22.5 Å². The van der Waals surface area contributed by atoms with Gasteiger partial charge in [0.05, 0.1) is 0 Å². The van der Waals surface area contributed by atoms with Crippen molar-refractivity contribution in [2.45, 2.75) is 0 Å². The van der Waals surface area contributed by atoms with Crippen LogP contribution in [0.2, 0.25) is 0 Å². The van der Waals surface area contributed by atoms with E-state index in [0.29, 0.717) is 11.4 Å². The lowest BCUT2D eigenvalue weighted by Crippen LogP contribution is -2.12. The van der Waals surface area contributed by atoms with E-state index in [1.54, 1.807) is 0 Å². The normalized spacial score (nSPS) is 10.2. The van der Waals surface area contributed by atoms with Crippen LogP contribution in [0.3, 0.4) is 0 Å². The molecule has 0 radical (unpaired) electrons. The molecule has 2 aromatic carbocycles. The zero-order valence-corrected chi connectivity index (χ0v) is 11.4. The summed E-state index contributed by atoms with van der Waals surface area (Å²) < 4.78 is 0. The molecular formula is C15H11N5O2. The number of anilines is 1. The molecule has 0 aliphatic heterocycles. The first kappa shape index (κ1) is 13.6. The van der Waals surface area contributed by atoms with E-state index in [-0.39, 0.29) is 5.95 Å². The molecule has 7 heteroatoms. The summed E-state index contributed by atoms with van der Waals surface area (Å²) in [4.78, 5) is 14.8. The summed E-state index contributed by atoms with van der Waals surface area (Å²) >= 11 is 0. The first-order valence-corrected chi connectivity index (χ1v) is 6.50. The van der Waals surface area contributed by atoms with E-state index in [1.165, 1.54) is 0 Å². The van der Waals surface area contributed by atoms with Gasteiger partial charge in [-0.1, -0.05) is 66.1 Å².